The summed E-state index contributed by atoms with van der Waals surface area (Å²) in [4.78, 5) is 8.71. The van der Waals surface area contributed by atoms with Gasteiger partial charge in [-0.3, -0.25) is 4.98 Å². The van der Waals surface area contributed by atoms with E-state index in [9.17, 15) is 0 Å². The van der Waals surface area contributed by atoms with E-state index in [4.69, 9.17) is 0 Å². The number of nitrogens with one attached hydrogen (secondary N) is 1. The third-order valence-corrected chi connectivity index (χ3v) is 2.95. The van der Waals surface area contributed by atoms with Crippen molar-refractivity contribution in [2.45, 2.75) is 39.3 Å². The minimum atomic E-state index is 0.161. The first-order valence-electron chi connectivity index (χ1n) is 6.50. The molecule has 2 aromatic rings. The molecular formula is C14H20N4. The lowest BCUT2D eigenvalue weighted by atomic mass is 10.2. The highest BCUT2D eigenvalue weighted by atomic mass is 15.2. The van der Waals surface area contributed by atoms with Gasteiger partial charge in [-0.2, -0.15) is 0 Å². The number of aryl methyl sites for hydroxylation is 1. The van der Waals surface area contributed by atoms with E-state index in [2.05, 4.69) is 33.7 Å². The van der Waals surface area contributed by atoms with Gasteiger partial charge >= 0.3 is 0 Å². The van der Waals surface area contributed by atoms with Crippen molar-refractivity contribution in [2.24, 2.45) is 0 Å². The summed E-state index contributed by atoms with van der Waals surface area (Å²) in [5.74, 6) is 0.918. The Morgan fingerprint density at radius 1 is 1.28 bits per heavy atom. The minimum absolute atomic E-state index is 0.161. The predicted octanol–water partition coefficient (Wildman–Crippen LogP) is 3.25. The molecule has 18 heavy (non-hydrogen) atoms. The third-order valence-electron chi connectivity index (χ3n) is 2.95. The smallest absolute Gasteiger partial charge is 0.203 e. The highest BCUT2D eigenvalue weighted by Gasteiger charge is 2.09. The van der Waals surface area contributed by atoms with Crippen molar-refractivity contribution in [1.29, 1.82) is 0 Å². The van der Waals surface area contributed by atoms with E-state index in [-0.39, 0.29) is 6.04 Å². The SMILES string of the molecule is CCCCn1ccnc1NC(C)c1ccccn1. The van der Waals surface area contributed by atoms with E-state index in [1.54, 1.807) is 0 Å². The molecule has 0 fully saturated rings. The van der Waals surface area contributed by atoms with Crippen molar-refractivity contribution in [2.75, 3.05) is 5.32 Å². The van der Waals surface area contributed by atoms with Gasteiger partial charge in [-0.15, -0.1) is 0 Å². The molecule has 4 heteroatoms. The largest absolute Gasteiger partial charge is 0.348 e. The molecule has 0 aliphatic rings. The van der Waals surface area contributed by atoms with Crippen LogP contribution in [0.4, 0.5) is 5.95 Å². The van der Waals surface area contributed by atoms with Crippen molar-refractivity contribution >= 4 is 5.95 Å². The molecule has 1 unspecified atom stereocenters. The Balaban J connectivity index is 2.03. The monoisotopic (exact) mass is 244 g/mol. The second kappa shape index (κ2) is 6.19. The Kier molecular flexibility index (Phi) is 4.34. The van der Waals surface area contributed by atoms with Gasteiger partial charge in [-0.25, -0.2) is 4.98 Å². The molecule has 0 saturated carbocycles. The van der Waals surface area contributed by atoms with Crippen LogP contribution in [0.15, 0.2) is 36.8 Å². The molecule has 0 radical (unpaired) electrons. The summed E-state index contributed by atoms with van der Waals surface area (Å²) in [6, 6.07) is 6.12. The van der Waals surface area contributed by atoms with Gasteiger partial charge in [0.2, 0.25) is 5.95 Å². The lowest BCUT2D eigenvalue weighted by molar-refractivity contribution is 0.630. The quantitative estimate of drug-likeness (QED) is 0.848. The van der Waals surface area contributed by atoms with Gasteiger partial charge in [0.15, 0.2) is 0 Å². The topological polar surface area (TPSA) is 42.7 Å². The Labute approximate surface area is 108 Å². The molecule has 0 amide bonds. The van der Waals surface area contributed by atoms with Gasteiger partial charge in [0, 0.05) is 25.1 Å². The number of nitrogens with zero attached hydrogens (tertiary/aromatic N) is 3. The standard InChI is InChI=1S/C14H20N4/c1-3-4-10-18-11-9-16-14(18)17-12(2)13-7-5-6-8-15-13/h5-9,11-12H,3-4,10H2,1-2H3,(H,16,17). The number of anilines is 1. The van der Waals surface area contributed by atoms with E-state index in [1.165, 1.54) is 12.8 Å². The van der Waals surface area contributed by atoms with Gasteiger partial charge in [-0.1, -0.05) is 19.4 Å². The van der Waals surface area contributed by atoms with Crippen molar-refractivity contribution in [3.05, 3.63) is 42.5 Å². The molecule has 96 valence electrons. The zero-order valence-electron chi connectivity index (χ0n) is 11.0. The number of imidazole rings is 1. The number of pyridine rings is 1. The number of hydrogen-bond donors (Lipinski definition) is 1. The van der Waals surface area contributed by atoms with E-state index in [0.29, 0.717) is 0 Å². The third kappa shape index (κ3) is 3.09. The summed E-state index contributed by atoms with van der Waals surface area (Å²) in [6.45, 7) is 5.30. The molecule has 0 aliphatic heterocycles. The first kappa shape index (κ1) is 12.6. The Hall–Kier alpha value is -1.84. The van der Waals surface area contributed by atoms with Gasteiger partial charge in [0.25, 0.3) is 0 Å². The second-order valence-corrected chi connectivity index (χ2v) is 4.42. The van der Waals surface area contributed by atoms with Crippen molar-refractivity contribution < 1.29 is 0 Å². The number of hydrogen-bond acceptors (Lipinski definition) is 3. The zero-order chi connectivity index (χ0) is 12.8. The molecule has 1 N–H and O–H groups in total. The fourth-order valence-corrected chi connectivity index (χ4v) is 1.86. The molecule has 2 heterocycles. The lowest BCUT2D eigenvalue weighted by Crippen LogP contribution is -2.12. The Morgan fingerprint density at radius 2 is 2.17 bits per heavy atom. The highest BCUT2D eigenvalue weighted by Crippen LogP contribution is 2.16. The fraction of sp³-hybridized carbons (Fsp3) is 0.429. The molecule has 0 aromatic carbocycles. The maximum atomic E-state index is 4.36. The summed E-state index contributed by atoms with van der Waals surface area (Å²) < 4.78 is 2.16. The Bertz CT molecular complexity index is 464. The van der Waals surface area contributed by atoms with Crippen LogP contribution in [-0.4, -0.2) is 14.5 Å². The first-order chi connectivity index (χ1) is 8.81. The van der Waals surface area contributed by atoms with Crippen molar-refractivity contribution in [3.63, 3.8) is 0 Å². The highest BCUT2D eigenvalue weighted by molar-refractivity contribution is 5.30. The van der Waals surface area contributed by atoms with Crippen LogP contribution >= 0.6 is 0 Å². The van der Waals surface area contributed by atoms with Crippen LogP contribution in [0.3, 0.4) is 0 Å². The predicted molar refractivity (Wildman–Crippen MR) is 73.4 cm³/mol. The molecule has 1 atom stereocenters. The summed E-state index contributed by atoms with van der Waals surface area (Å²) in [6.07, 6.45) is 8.03. The molecule has 2 aromatic heterocycles. The van der Waals surface area contributed by atoms with Crippen LogP contribution in [0.1, 0.15) is 38.4 Å². The summed E-state index contributed by atoms with van der Waals surface area (Å²) in [5.41, 5.74) is 1.03. The molecule has 4 nitrogen and oxygen atoms in total. The van der Waals surface area contributed by atoms with Crippen LogP contribution in [0.25, 0.3) is 0 Å². The van der Waals surface area contributed by atoms with E-state index in [0.717, 1.165) is 18.2 Å². The van der Waals surface area contributed by atoms with E-state index < -0.39 is 0 Å². The van der Waals surface area contributed by atoms with Gasteiger partial charge in [-0.05, 0) is 25.5 Å². The summed E-state index contributed by atoms with van der Waals surface area (Å²) >= 11 is 0. The normalized spacial score (nSPS) is 12.3. The van der Waals surface area contributed by atoms with E-state index >= 15 is 0 Å². The van der Waals surface area contributed by atoms with Crippen LogP contribution < -0.4 is 5.32 Å². The summed E-state index contributed by atoms with van der Waals surface area (Å²) in [5, 5.41) is 3.41. The maximum Gasteiger partial charge on any atom is 0.203 e. The molecule has 2 rings (SSSR count). The number of unbranched alkanes of at least 4 members (excludes halogenated alkanes) is 1. The fourth-order valence-electron chi connectivity index (χ4n) is 1.86. The summed E-state index contributed by atoms with van der Waals surface area (Å²) in [7, 11) is 0. The van der Waals surface area contributed by atoms with Gasteiger partial charge in [0.1, 0.15) is 0 Å². The minimum Gasteiger partial charge on any atom is -0.348 e. The van der Waals surface area contributed by atoms with Crippen LogP contribution in [0, 0.1) is 0 Å². The second-order valence-electron chi connectivity index (χ2n) is 4.42. The average Bonchev–Trinajstić information content (AvgIpc) is 2.84. The van der Waals surface area contributed by atoms with Gasteiger partial charge < -0.3 is 9.88 Å². The van der Waals surface area contributed by atoms with Crippen LogP contribution in [-0.2, 0) is 6.54 Å². The first-order valence-corrected chi connectivity index (χ1v) is 6.50. The molecular weight excluding hydrogens is 224 g/mol. The van der Waals surface area contributed by atoms with Crippen LogP contribution in [0.5, 0.6) is 0 Å². The van der Waals surface area contributed by atoms with Gasteiger partial charge in [0.05, 0.1) is 11.7 Å². The number of aromatic nitrogens is 3. The molecule has 0 bridgehead atoms. The molecule has 0 saturated heterocycles. The maximum absolute atomic E-state index is 4.36. The van der Waals surface area contributed by atoms with E-state index in [1.807, 2.05) is 36.8 Å². The van der Waals surface area contributed by atoms with Crippen molar-refractivity contribution in [1.82, 2.24) is 14.5 Å². The number of rotatable bonds is 6. The van der Waals surface area contributed by atoms with Crippen LogP contribution in [0.2, 0.25) is 0 Å². The lowest BCUT2D eigenvalue weighted by Gasteiger charge is -2.15. The Morgan fingerprint density at radius 3 is 2.89 bits per heavy atom. The van der Waals surface area contributed by atoms with Crippen molar-refractivity contribution in [3.8, 4) is 0 Å². The average molecular weight is 244 g/mol. The molecule has 0 aliphatic carbocycles. The zero-order valence-corrected chi connectivity index (χ0v) is 11.0. The molecule has 0 spiro atoms.